The van der Waals surface area contributed by atoms with Crippen molar-refractivity contribution in [1.29, 1.82) is 0 Å². The summed E-state index contributed by atoms with van der Waals surface area (Å²) in [5.74, 6) is -3.06. The molecule has 92 valence electrons. The summed E-state index contributed by atoms with van der Waals surface area (Å²) in [6.07, 6.45) is -0.509. The number of amides is 1. The third kappa shape index (κ3) is 4.18. The van der Waals surface area contributed by atoms with Gasteiger partial charge in [0.25, 0.3) is 0 Å². The highest BCUT2D eigenvalue weighted by molar-refractivity contribution is 6.01. The van der Waals surface area contributed by atoms with Gasteiger partial charge in [-0.2, -0.15) is 0 Å². The molecule has 0 aliphatic rings. The SMILES string of the molecule is CCOC(=O)CC(=O)Nc1ccc(F)cc1F. The van der Waals surface area contributed by atoms with Crippen molar-refractivity contribution in [2.45, 2.75) is 13.3 Å². The molecule has 0 fully saturated rings. The molecule has 4 nitrogen and oxygen atoms in total. The van der Waals surface area contributed by atoms with E-state index in [-0.39, 0.29) is 12.3 Å². The van der Waals surface area contributed by atoms with Gasteiger partial charge < -0.3 is 10.1 Å². The molecule has 0 atom stereocenters. The van der Waals surface area contributed by atoms with Crippen molar-refractivity contribution < 1.29 is 23.1 Å². The molecule has 0 aliphatic heterocycles. The van der Waals surface area contributed by atoms with Crippen LogP contribution >= 0.6 is 0 Å². The van der Waals surface area contributed by atoms with Crippen LogP contribution in [0.5, 0.6) is 0 Å². The van der Waals surface area contributed by atoms with Crippen molar-refractivity contribution in [2.75, 3.05) is 11.9 Å². The van der Waals surface area contributed by atoms with E-state index in [1.165, 1.54) is 0 Å². The van der Waals surface area contributed by atoms with Crippen LogP contribution in [0.4, 0.5) is 14.5 Å². The van der Waals surface area contributed by atoms with Crippen LogP contribution in [0.15, 0.2) is 18.2 Å². The smallest absolute Gasteiger partial charge is 0.315 e. The van der Waals surface area contributed by atoms with E-state index in [2.05, 4.69) is 10.1 Å². The molecule has 0 aliphatic carbocycles. The minimum absolute atomic E-state index is 0.164. The van der Waals surface area contributed by atoms with Crippen LogP contribution in [-0.2, 0) is 14.3 Å². The minimum Gasteiger partial charge on any atom is -0.466 e. The normalized spacial score (nSPS) is 9.82. The summed E-state index contributed by atoms with van der Waals surface area (Å²) >= 11 is 0. The topological polar surface area (TPSA) is 55.4 Å². The van der Waals surface area contributed by atoms with Crippen molar-refractivity contribution in [2.24, 2.45) is 0 Å². The highest BCUT2D eigenvalue weighted by Crippen LogP contribution is 2.15. The molecule has 1 aromatic carbocycles. The Labute approximate surface area is 96.6 Å². The molecule has 0 aromatic heterocycles. The molecule has 6 heteroatoms. The number of esters is 1. The van der Waals surface area contributed by atoms with Crippen LogP contribution in [-0.4, -0.2) is 18.5 Å². The first kappa shape index (κ1) is 13.1. The van der Waals surface area contributed by atoms with Gasteiger partial charge in [0.2, 0.25) is 5.91 Å². The van der Waals surface area contributed by atoms with Crippen molar-refractivity contribution in [3.63, 3.8) is 0 Å². The van der Waals surface area contributed by atoms with Crippen LogP contribution in [0.1, 0.15) is 13.3 Å². The number of anilines is 1. The zero-order chi connectivity index (χ0) is 12.8. The second-order valence-electron chi connectivity index (χ2n) is 3.15. The molecule has 1 aromatic rings. The number of carbonyl (C=O) groups is 2. The Morgan fingerprint density at radius 2 is 2.06 bits per heavy atom. The van der Waals surface area contributed by atoms with E-state index in [1.54, 1.807) is 6.92 Å². The standard InChI is InChI=1S/C11H11F2NO3/c1-2-17-11(16)6-10(15)14-9-4-3-7(12)5-8(9)13/h3-5H,2,6H2,1H3,(H,14,15). The van der Waals surface area contributed by atoms with Gasteiger partial charge in [0.15, 0.2) is 0 Å². The Kier molecular flexibility index (Phi) is 4.56. The summed E-state index contributed by atoms with van der Waals surface area (Å²) < 4.78 is 30.2. The molecule has 0 saturated carbocycles. The first-order chi connectivity index (χ1) is 8.02. The largest absolute Gasteiger partial charge is 0.466 e. The van der Waals surface area contributed by atoms with Crippen LogP contribution < -0.4 is 5.32 Å². The lowest BCUT2D eigenvalue weighted by Crippen LogP contribution is -2.18. The number of ether oxygens (including phenoxy) is 1. The van der Waals surface area contributed by atoms with E-state index in [1.807, 2.05) is 0 Å². The van der Waals surface area contributed by atoms with E-state index in [4.69, 9.17) is 0 Å². The molecule has 1 N–H and O–H groups in total. The van der Waals surface area contributed by atoms with Crippen LogP contribution in [0.3, 0.4) is 0 Å². The van der Waals surface area contributed by atoms with Crippen molar-refractivity contribution in [3.8, 4) is 0 Å². The summed E-state index contributed by atoms with van der Waals surface area (Å²) in [7, 11) is 0. The maximum absolute atomic E-state index is 13.1. The lowest BCUT2D eigenvalue weighted by atomic mass is 10.3. The number of halogens is 2. The van der Waals surface area contributed by atoms with Gasteiger partial charge in [0.05, 0.1) is 12.3 Å². The average Bonchev–Trinajstić information content (AvgIpc) is 2.22. The fourth-order valence-electron chi connectivity index (χ4n) is 1.13. The Balaban J connectivity index is 2.59. The van der Waals surface area contributed by atoms with Gasteiger partial charge in [-0.3, -0.25) is 9.59 Å². The lowest BCUT2D eigenvalue weighted by molar-refractivity contribution is -0.145. The molecule has 0 spiro atoms. The fourth-order valence-corrected chi connectivity index (χ4v) is 1.13. The van der Waals surface area contributed by atoms with Crippen LogP contribution in [0, 0.1) is 11.6 Å². The Bertz CT molecular complexity index is 435. The zero-order valence-corrected chi connectivity index (χ0v) is 9.13. The number of hydrogen-bond acceptors (Lipinski definition) is 3. The molecule has 0 radical (unpaired) electrons. The number of hydrogen-bond donors (Lipinski definition) is 1. The van der Waals surface area contributed by atoms with Gasteiger partial charge in [0.1, 0.15) is 18.1 Å². The first-order valence-corrected chi connectivity index (χ1v) is 4.93. The Morgan fingerprint density at radius 3 is 2.65 bits per heavy atom. The maximum Gasteiger partial charge on any atom is 0.315 e. The summed E-state index contributed by atoms with van der Waals surface area (Å²) in [6, 6.07) is 2.72. The van der Waals surface area contributed by atoms with Crippen molar-refractivity contribution in [1.82, 2.24) is 0 Å². The minimum atomic E-state index is -0.901. The highest BCUT2D eigenvalue weighted by Gasteiger charge is 2.12. The van der Waals surface area contributed by atoms with Gasteiger partial charge in [-0.1, -0.05) is 0 Å². The van der Waals surface area contributed by atoms with Gasteiger partial charge in [0, 0.05) is 6.07 Å². The predicted molar refractivity (Wildman–Crippen MR) is 56.2 cm³/mol. The van der Waals surface area contributed by atoms with Gasteiger partial charge in [-0.25, -0.2) is 8.78 Å². The number of carbonyl (C=O) groups excluding carboxylic acids is 2. The summed E-state index contributed by atoms with van der Waals surface area (Å²) in [5.41, 5.74) is -0.180. The average molecular weight is 243 g/mol. The van der Waals surface area contributed by atoms with E-state index in [9.17, 15) is 18.4 Å². The second kappa shape index (κ2) is 5.93. The Morgan fingerprint density at radius 1 is 1.35 bits per heavy atom. The number of nitrogens with one attached hydrogen (secondary N) is 1. The van der Waals surface area contributed by atoms with E-state index in [0.717, 1.165) is 12.1 Å². The fraction of sp³-hybridized carbons (Fsp3) is 0.273. The molecular weight excluding hydrogens is 232 g/mol. The number of rotatable bonds is 4. The predicted octanol–water partition coefficient (Wildman–Crippen LogP) is 1.86. The highest BCUT2D eigenvalue weighted by atomic mass is 19.1. The van der Waals surface area contributed by atoms with E-state index >= 15 is 0 Å². The Hall–Kier alpha value is -1.98. The van der Waals surface area contributed by atoms with Crippen LogP contribution in [0.25, 0.3) is 0 Å². The van der Waals surface area contributed by atoms with Crippen molar-refractivity contribution >= 4 is 17.6 Å². The van der Waals surface area contributed by atoms with Gasteiger partial charge in [-0.05, 0) is 19.1 Å². The molecule has 17 heavy (non-hydrogen) atoms. The third-order valence-electron chi connectivity index (χ3n) is 1.82. The molecule has 1 amide bonds. The molecule has 0 unspecified atom stereocenters. The zero-order valence-electron chi connectivity index (χ0n) is 9.13. The van der Waals surface area contributed by atoms with Crippen LogP contribution in [0.2, 0.25) is 0 Å². The van der Waals surface area contributed by atoms with Crippen molar-refractivity contribution in [3.05, 3.63) is 29.8 Å². The molecule has 0 heterocycles. The quantitative estimate of drug-likeness (QED) is 0.648. The second-order valence-corrected chi connectivity index (χ2v) is 3.15. The van der Waals surface area contributed by atoms with E-state index in [0.29, 0.717) is 6.07 Å². The molecular formula is C11H11F2NO3. The maximum atomic E-state index is 13.1. The van der Waals surface area contributed by atoms with Gasteiger partial charge >= 0.3 is 5.97 Å². The molecule has 1 rings (SSSR count). The van der Waals surface area contributed by atoms with E-state index < -0.39 is 29.9 Å². The molecule has 0 saturated heterocycles. The molecule has 0 bridgehead atoms. The monoisotopic (exact) mass is 243 g/mol. The number of benzene rings is 1. The first-order valence-electron chi connectivity index (χ1n) is 4.93. The summed E-state index contributed by atoms with van der Waals surface area (Å²) in [6.45, 7) is 1.77. The lowest BCUT2D eigenvalue weighted by Gasteiger charge is -2.06. The van der Waals surface area contributed by atoms with Gasteiger partial charge in [-0.15, -0.1) is 0 Å². The third-order valence-corrected chi connectivity index (χ3v) is 1.82. The summed E-state index contributed by atoms with van der Waals surface area (Å²) in [4.78, 5) is 22.2. The summed E-state index contributed by atoms with van der Waals surface area (Å²) in [5, 5.41) is 2.15.